The lowest BCUT2D eigenvalue weighted by Crippen LogP contribution is -2.30. The highest BCUT2D eigenvalue weighted by Gasteiger charge is 2.26. The third-order valence-corrected chi connectivity index (χ3v) is 5.24. The van der Waals surface area contributed by atoms with Crippen molar-refractivity contribution in [2.24, 2.45) is 5.92 Å². The van der Waals surface area contributed by atoms with Crippen LogP contribution in [0.5, 0.6) is 0 Å². The first-order valence-electron chi connectivity index (χ1n) is 9.50. The van der Waals surface area contributed by atoms with Gasteiger partial charge < -0.3 is 10.0 Å². The lowest BCUT2D eigenvalue weighted by atomic mass is 9.97. The third-order valence-electron chi connectivity index (χ3n) is 5.24. The van der Waals surface area contributed by atoms with Gasteiger partial charge in [-0.25, -0.2) is 4.68 Å². The second kappa shape index (κ2) is 8.31. The predicted molar refractivity (Wildman–Crippen MR) is 104 cm³/mol. The minimum atomic E-state index is 0.0648. The summed E-state index contributed by atoms with van der Waals surface area (Å²) in [4.78, 5) is 14.7. The molecule has 144 valence electrons. The number of nitrogens with zero attached hydrogens (tertiary/aromatic N) is 5. The lowest BCUT2D eigenvalue weighted by molar-refractivity contribution is -0.129. The van der Waals surface area contributed by atoms with Crippen LogP contribution in [0, 0.1) is 5.92 Å². The minimum Gasteiger partial charge on any atom is -0.392 e. The molecule has 0 bridgehead atoms. The fourth-order valence-corrected chi connectivity index (χ4v) is 3.75. The van der Waals surface area contributed by atoms with Gasteiger partial charge in [0.1, 0.15) is 6.33 Å². The number of tetrazole rings is 1. The molecule has 1 aliphatic heterocycles. The lowest BCUT2D eigenvalue weighted by Gasteiger charge is -2.17. The number of carbonyl (C=O) groups is 1. The Balaban J connectivity index is 1.32. The van der Waals surface area contributed by atoms with Crippen LogP contribution in [0.2, 0.25) is 0 Å². The molecule has 1 aromatic heterocycles. The van der Waals surface area contributed by atoms with E-state index >= 15 is 0 Å². The number of hydrogen-bond acceptors (Lipinski definition) is 5. The van der Waals surface area contributed by atoms with Gasteiger partial charge in [0.25, 0.3) is 0 Å². The minimum absolute atomic E-state index is 0.0648. The first-order chi connectivity index (χ1) is 13.7. The van der Waals surface area contributed by atoms with Gasteiger partial charge in [0.05, 0.1) is 18.7 Å². The number of aliphatic hydroxyl groups is 1. The fourth-order valence-electron chi connectivity index (χ4n) is 3.75. The van der Waals surface area contributed by atoms with E-state index in [1.165, 1.54) is 5.56 Å². The molecule has 1 aliphatic rings. The summed E-state index contributed by atoms with van der Waals surface area (Å²) in [5, 5.41) is 20.4. The summed E-state index contributed by atoms with van der Waals surface area (Å²) >= 11 is 0. The molecule has 7 nitrogen and oxygen atoms in total. The van der Waals surface area contributed by atoms with Gasteiger partial charge in [0.2, 0.25) is 5.91 Å². The molecule has 1 N–H and O–H groups in total. The Labute approximate surface area is 163 Å². The number of aromatic nitrogens is 4. The normalized spacial score (nSPS) is 16.5. The van der Waals surface area contributed by atoms with Crippen LogP contribution >= 0.6 is 0 Å². The molecule has 0 spiro atoms. The zero-order chi connectivity index (χ0) is 19.3. The van der Waals surface area contributed by atoms with E-state index in [0.29, 0.717) is 12.3 Å². The molecule has 1 atom stereocenters. The molecule has 2 aromatic carbocycles. The Morgan fingerprint density at radius 3 is 2.68 bits per heavy atom. The molecule has 1 amide bonds. The van der Waals surface area contributed by atoms with Gasteiger partial charge in [0, 0.05) is 13.1 Å². The monoisotopic (exact) mass is 377 g/mol. The molecule has 3 aromatic rings. The SMILES string of the molecule is O=C(Cc1ccc(-n2cnnn2)cc1)N1CC[C@@H](Cc2cccc(CO)c2)C1. The number of amides is 1. The van der Waals surface area contributed by atoms with Gasteiger partial charge in [-0.2, -0.15) is 0 Å². The van der Waals surface area contributed by atoms with E-state index in [1.807, 2.05) is 41.3 Å². The highest BCUT2D eigenvalue weighted by atomic mass is 16.3. The summed E-state index contributed by atoms with van der Waals surface area (Å²) in [6.45, 7) is 1.67. The molecule has 0 radical (unpaired) electrons. The molecule has 7 heteroatoms. The maximum absolute atomic E-state index is 12.7. The molecule has 4 rings (SSSR count). The zero-order valence-corrected chi connectivity index (χ0v) is 15.6. The summed E-state index contributed by atoms with van der Waals surface area (Å²) < 4.78 is 1.59. The van der Waals surface area contributed by atoms with Crippen LogP contribution < -0.4 is 0 Å². The molecule has 0 unspecified atom stereocenters. The summed E-state index contributed by atoms with van der Waals surface area (Å²) in [6, 6.07) is 15.8. The molecular weight excluding hydrogens is 354 g/mol. The molecule has 0 saturated carbocycles. The average Bonchev–Trinajstić information content (AvgIpc) is 3.41. The highest BCUT2D eigenvalue weighted by Crippen LogP contribution is 2.22. The molecule has 0 aliphatic carbocycles. The third kappa shape index (κ3) is 4.26. The number of rotatable bonds is 6. The molecule has 1 saturated heterocycles. The van der Waals surface area contributed by atoms with Crippen LogP contribution in [0.3, 0.4) is 0 Å². The first-order valence-corrected chi connectivity index (χ1v) is 9.50. The summed E-state index contributed by atoms with van der Waals surface area (Å²) in [5.41, 5.74) is 4.02. The summed E-state index contributed by atoms with van der Waals surface area (Å²) in [7, 11) is 0. The quantitative estimate of drug-likeness (QED) is 0.708. The highest BCUT2D eigenvalue weighted by molar-refractivity contribution is 5.79. The van der Waals surface area contributed by atoms with Crippen molar-refractivity contribution in [1.82, 2.24) is 25.1 Å². The van der Waals surface area contributed by atoms with Crippen LogP contribution in [0.4, 0.5) is 0 Å². The van der Waals surface area contributed by atoms with E-state index in [-0.39, 0.29) is 12.5 Å². The van der Waals surface area contributed by atoms with Crippen LogP contribution in [0.15, 0.2) is 54.9 Å². The maximum atomic E-state index is 12.7. The predicted octanol–water partition coefficient (Wildman–Crippen LogP) is 1.79. The Morgan fingerprint density at radius 2 is 1.93 bits per heavy atom. The largest absolute Gasteiger partial charge is 0.392 e. The number of carbonyl (C=O) groups excluding carboxylic acids is 1. The number of hydrogen-bond donors (Lipinski definition) is 1. The maximum Gasteiger partial charge on any atom is 0.226 e. The molecular formula is C21H23N5O2. The van der Waals surface area contributed by atoms with Gasteiger partial charge >= 0.3 is 0 Å². The number of likely N-dealkylation sites (tertiary alicyclic amines) is 1. The Hall–Kier alpha value is -3.06. The number of benzene rings is 2. The van der Waals surface area contributed by atoms with E-state index in [4.69, 9.17) is 0 Å². The van der Waals surface area contributed by atoms with Gasteiger partial charge in [-0.1, -0.05) is 36.4 Å². The van der Waals surface area contributed by atoms with Crippen LogP contribution in [-0.4, -0.2) is 49.2 Å². The second-order valence-corrected chi connectivity index (χ2v) is 7.27. The molecule has 28 heavy (non-hydrogen) atoms. The molecule has 1 fully saturated rings. The van der Waals surface area contributed by atoms with Crippen molar-refractivity contribution in [2.45, 2.75) is 25.9 Å². The van der Waals surface area contributed by atoms with Gasteiger partial charge in [-0.3, -0.25) is 4.79 Å². The van der Waals surface area contributed by atoms with Crippen molar-refractivity contribution >= 4 is 5.91 Å². The molecule has 2 heterocycles. The van der Waals surface area contributed by atoms with Crippen molar-refractivity contribution in [3.63, 3.8) is 0 Å². The van der Waals surface area contributed by atoms with Crippen molar-refractivity contribution < 1.29 is 9.90 Å². The average molecular weight is 377 g/mol. The summed E-state index contributed by atoms with van der Waals surface area (Å²) in [5.74, 6) is 0.641. The van der Waals surface area contributed by atoms with Gasteiger partial charge in [-0.15, -0.1) is 5.10 Å². The topological polar surface area (TPSA) is 84.1 Å². The van der Waals surface area contributed by atoms with Crippen LogP contribution in [0.1, 0.15) is 23.1 Å². The van der Waals surface area contributed by atoms with E-state index < -0.39 is 0 Å². The van der Waals surface area contributed by atoms with Crippen molar-refractivity contribution in [3.8, 4) is 5.69 Å². The Morgan fingerprint density at radius 1 is 1.11 bits per heavy atom. The van der Waals surface area contributed by atoms with Gasteiger partial charge in [0.15, 0.2) is 0 Å². The first kappa shape index (κ1) is 18.3. The van der Waals surface area contributed by atoms with E-state index in [1.54, 1.807) is 11.0 Å². The zero-order valence-electron chi connectivity index (χ0n) is 15.6. The van der Waals surface area contributed by atoms with E-state index in [0.717, 1.165) is 42.7 Å². The number of aliphatic hydroxyl groups excluding tert-OH is 1. The Kier molecular flexibility index (Phi) is 5.43. The van der Waals surface area contributed by atoms with Crippen LogP contribution in [0.25, 0.3) is 5.69 Å². The van der Waals surface area contributed by atoms with Crippen molar-refractivity contribution in [2.75, 3.05) is 13.1 Å². The van der Waals surface area contributed by atoms with Crippen molar-refractivity contribution in [3.05, 3.63) is 71.5 Å². The smallest absolute Gasteiger partial charge is 0.226 e. The fraction of sp³-hybridized carbons (Fsp3) is 0.333. The van der Waals surface area contributed by atoms with E-state index in [2.05, 4.69) is 27.7 Å². The van der Waals surface area contributed by atoms with Gasteiger partial charge in [-0.05, 0) is 58.0 Å². The van der Waals surface area contributed by atoms with Crippen LogP contribution in [-0.2, 0) is 24.2 Å². The Bertz CT molecular complexity index is 924. The summed E-state index contributed by atoms with van der Waals surface area (Å²) in [6.07, 6.45) is 3.91. The van der Waals surface area contributed by atoms with Crippen molar-refractivity contribution in [1.29, 1.82) is 0 Å². The second-order valence-electron chi connectivity index (χ2n) is 7.27. The van der Waals surface area contributed by atoms with E-state index in [9.17, 15) is 9.90 Å². The standard InChI is InChI=1S/C21H23N5O2/c27-14-19-3-1-2-17(11-19)10-18-8-9-25(13-18)21(28)12-16-4-6-20(7-5-16)26-15-22-23-24-26/h1-7,11,15,18,27H,8-10,12-14H2/t18-/m0/s1.